The summed E-state index contributed by atoms with van der Waals surface area (Å²) >= 11 is 1.87. The molecule has 0 bridgehead atoms. The number of pyridine rings is 2. The molecule has 0 spiro atoms. The molecule has 0 atom stereocenters. The Morgan fingerprint density at radius 2 is 0.953 bits per heavy atom. The maximum Gasteiger partial charge on any atom is 0.0972 e. The minimum absolute atomic E-state index is 0.930. The first-order chi connectivity index (χ1) is 21.3. The lowest BCUT2D eigenvalue weighted by atomic mass is 9.99. The van der Waals surface area contributed by atoms with Crippen LogP contribution in [-0.2, 0) is 0 Å². The molecule has 0 amide bonds. The van der Waals surface area contributed by atoms with Gasteiger partial charge in [-0.15, -0.1) is 11.3 Å². The summed E-state index contributed by atoms with van der Waals surface area (Å²) in [6, 6.07) is 51.9. The van der Waals surface area contributed by atoms with Gasteiger partial charge in [0.2, 0.25) is 0 Å². The Morgan fingerprint density at radius 1 is 0.372 bits per heavy atom. The van der Waals surface area contributed by atoms with Crippen molar-refractivity contribution in [2.45, 2.75) is 0 Å². The van der Waals surface area contributed by atoms with E-state index in [2.05, 4.69) is 127 Å². The maximum atomic E-state index is 5.14. The quantitative estimate of drug-likeness (QED) is 0.199. The fourth-order valence-electron chi connectivity index (χ4n) is 6.26. The summed E-state index contributed by atoms with van der Waals surface area (Å²) < 4.78 is 2.65. The van der Waals surface area contributed by atoms with Crippen molar-refractivity contribution in [1.82, 2.24) is 9.97 Å². The molecular formula is C40H24N2S. The second-order valence-corrected chi connectivity index (χ2v) is 12.1. The topological polar surface area (TPSA) is 25.8 Å². The molecule has 3 heterocycles. The number of aromatic nitrogens is 2. The van der Waals surface area contributed by atoms with Crippen LogP contribution >= 0.6 is 11.3 Å². The van der Waals surface area contributed by atoms with Gasteiger partial charge in [-0.3, -0.25) is 0 Å². The number of benzene rings is 6. The van der Waals surface area contributed by atoms with E-state index in [0.29, 0.717) is 0 Å². The molecule has 3 aromatic heterocycles. The van der Waals surface area contributed by atoms with E-state index in [4.69, 9.17) is 9.97 Å². The predicted molar refractivity (Wildman–Crippen MR) is 184 cm³/mol. The zero-order chi connectivity index (χ0) is 28.3. The molecule has 0 aliphatic heterocycles. The summed E-state index contributed by atoms with van der Waals surface area (Å²) in [5.74, 6) is 0. The van der Waals surface area contributed by atoms with Gasteiger partial charge in [-0.1, -0.05) is 121 Å². The van der Waals surface area contributed by atoms with Gasteiger partial charge < -0.3 is 0 Å². The number of rotatable bonds is 3. The summed E-state index contributed by atoms with van der Waals surface area (Å²) in [5.41, 5.74) is 8.40. The summed E-state index contributed by atoms with van der Waals surface area (Å²) in [5, 5.41) is 7.49. The second kappa shape index (κ2) is 9.59. The first-order valence-electron chi connectivity index (χ1n) is 14.5. The van der Waals surface area contributed by atoms with Gasteiger partial charge in [0.05, 0.1) is 22.4 Å². The van der Waals surface area contributed by atoms with Crippen LogP contribution in [0.15, 0.2) is 146 Å². The van der Waals surface area contributed by atoms with Gasteiger partial charge in [-0.25, -0.2) is 9.97 Å². The van der Waals surface area contributed by atoms with Crippen LogP contribution in [0, 0.1) is 0 Å². The number of thiophene rings is 1. The second-order valence-electron chi connectivity index (χ2n) is 11.0. The lowest BCUT2D eigenvalue weighted by Gasteiger charge is -2.09. The highest BCUT2D eigenvalue weighted by Gasteiger charge is 2.12. The predicted octanol–water partition coefficient (Wildman–Crippen LogP) is 11.3. The van der Waals surface area contributed by atoms with Crippen LogP contribution < -0.4 is 0 Å². The third-order valence-electron chi connectivity index (χ3n) is 8.46. The Balaban J connectivity index is 1.10. The molecule has 6 aromatic carbocycles. The summed E-state index contributed by atoms with van der Waals surface area (Å²) in [4.78, 5) is 10.2. The van der Waals surface area contributed by atoms with Crippen molar-refractivity contribution >= 4 is 64.1 Å². The van der Waals surface area contributed by atoms with Gasteiger partial charge in [0.25, 0.3) is 0 Å². The Hall–Kier alpha value is -5.38. The zero-order valence-electron chi connectivity index (χ0n) is 23.2. The van der Waals surface area contributed by atoms with Gasteiger partial charge in [0.15, 0.2) is 0 Å². The Bertz CT molecular complexity index is 2490. The number of fused-ring (bicyclic) bond motifs is 8. The molecule has 3 heteroatoms. The molecule has 0 fully saturated rings. The third kappa shape index (κ3) is 4.01. The van der Waals surface area contributed by atoms with Gasteiger partial charge in [0, 0.05) is 42.1 Å². The molecule has 0 saturated carbocycles. The monoisotopic (exact) mass is 564 g/mol. The standard InChI is InChI=1S/C40H24N2S/c1-2-7-27(8-3-1)34-21-17-29-14-15-30-18-22-35(42-40(30)39(29)41-34)28-12-10-25(11-13-28)31-16-20-33-37(24-31)43-36-23-19-26-6-4-5-9-32(26)38(33)36/h1-24H. The minimum Gasteiger partial charge on any atom is -0.245 e. The highest BCUT2D eigenvalue weighted by Crippen LogP contribution is 2.40. The van der Waals surface area contributed by atoms with Crippen LogP contribution in [0.4, 0.5) is 0 Å². The van der Waals surface area contributed by atoms with Crippen LogP contribution in [-0.4, -0.2) is 9.97 Å². The van der Waals surface area contributed by atoms with E-state index in [-0.39, 0.29) is 0 Å². The lowest BCUT2D eigenvalue weighted by Crippen LogP contribution is -1.91. The van der Waals surface area contributed by atoms with Crippen molar-refractivity contribution in [1.29, 1.82) is 0 Å². The fourth-order valence-corrected chi connectivity index (χ4v) is 7.42. The van der Waals surface area contributed by atoms with E-state index >= 15 is 0 Å². The number of hydrogen-bond acceptors (Lipinski definition) is 3. The Morgan fingerprint density at radius 3 is 1.70 bits per heavy atom. The van der Waals surface area contributed by atoms with Crippen LogP contribution in [0.1, 0.15) is 0 Å². The van der Waals surface area contributed by atoms with E-state index in [1.165, 1.54) is 42.1 Å². The highest BCUT2D eigenvalue weighted by atomic mass is 32.1. The summed E-state index contributed by atoms with van der Waals surface area (Å²) in [6.07, 6.45) is 0. The van der Waals surface area contributed by atoms with Gasteiger partial charge in [-0.2, -0.15) is 0 Å². The van der Waals surface area contributed by atoms with Gasteiger partial charge in [0.1, 0.15) is 0 Å². The van der Waals surface area contributed by atoms with Gasteiger partial charge in [-0.05, 0) is 46.2 Å². The van der Waals surface area contributed by atoms with Crippen molar-refractivity contribution in [3.63, 3.8) is 0 Å². The van der Waals surface area contributed by atoms with E-state index < -0.39 is 0 Å². The first kappa shape index (κ1) is 24.2. The normalized spacial score (nSPS) is 11.7. The van der Waals surface area contributed by atoms with Crippen LogP contribution in [0.2, 0.25) is 0 Å². The molecule has 9 rings (SSSR count). The number of nitrogens with zero attached hydrogens (tertiary/aromatic N) is 2. The van der Waals surface area contributed by atoms with Crippen molar-refractivity contribution in [2.75, 3.05) is 0 Å². The van der Waals surface area contributed by atoms with E-state index in [0.717, 1.165) is 44.3 Å². The molecule has 0 aliphatic rings. The molecule has 200 valence electrons. The molecule has 43 heavy (non-hydrogen) atoms. The van der Waals surface area contributed by atoms with Crippen molar-refractivity contribution < 1.29 is 0 Å². The molecule has 0 aliphatic carbocycles. The largest absolute Gasteiger partial charge is 0.245 e. The van der Waals surface area contributed by atoms with Crippen LogP contribution in [0.25, 0.3) is 86.4 Å². The Labute approximate surface area is 252 Å². The Kier molecular flexibility index (Phi) is 5.40. The molecule has 0 saturated heterocycles. The molecule has 9 aromatic rings. The summed E-state index contributed by atoms with van der Waals surface area (Å²) in [7, 11) is 0. The number of hydrogen-bond donors (Lipinski definition) is 0. The van der Waals surface area contributed by atoms with Crippen molar-refractivity contribution in [2.24, 2.45) is 0 Å². The molecule has 0 N–H and O–H groups in total. The average molecular weight is 565 g/mol. The summed E-state index contributed by atoms with van der Waals surface area (Å²) in [6.45, 7) is 0. The molecular weight excluding hydrogens is 541 g/mol. The van der Waals surface area contributed by atoms with Crippen molar-refractivity contribution in [3.8, 4) is 33.6 Å². The zero-order valence-corrected chi connectivity index (χ0v) is 24.0. The minimum atomic E-state index is 0.930. The smallest absolute Gasteiger partial charge is 0.0972 e. The van der Waals surface area contributed by atoms with Crippen molar-refractivity contribution in [3.05, 3.63) is 146 Å². The van der Waals surface area contributed by atoms with Crippen LogP contribution in [0.5, 0.6) is 0 Å². The van der Waals surface area contributed by atoms with E-state index in [9.17, 15) is 0 Å². The van der Waals surface area contributed by atoms with Crippen LogP contribution in [0.3, 0.4) is 0 Å². The molecule has 2 nitrogen and oxygen atoms in total. The average Bonchev–Trinajstić information content (AvgIpc) is 3.47. The van der Waals surface area contributed by atoms with E-state index in [1.54, 1.807) is 0 Å². The van der Waals surface area contributed by atoms with E-state index in [1.807, 2.05) is 29.5 Å². The SMILES string of the molecule is c1ccc(-c2ccc3ccc4ccc(-c5ccc(-c6ccc7c(c6)sc6ccc8ccccc8c67)cc5)nc4c3n2)cc1. The lowest BCUT2D eigenvalue weighted by molar-refractivity contribution is 1.36. The maximum absolute atomic E-state index is 5.14. The highest BCUT2D eigenvalue weighted by molar-refractivity contribution is 7.26. The third-order valence-corrected chi connectivity index (χ3v) is 9.58. The fraction of sp³-hybridized carbons (Fsp3) is 0. The van der Waals surface area contributed by atoms with Gasteiger partial charge >= 0.3 is 0 Å². The molecule has 0 unspecified atom stereocenters. The molecule has 0 radical (unpaired) electrons. The first-order valence-corrected chi connectivity index (χ1v) is 15.3.